The Balaban J connectivity index is 1.72. The Kier molecular flexibility index (Phi) is 6.67. The Labute approximate surface area is 128 Å². The topological polar surface area (TPSA) is 56.5 Å². The fraction of sp³-hybridized carbons (Fsp3) is 0.647. The molecule has 0 heterocycles. The summed E-state index contributed by atoms with van der Waals surface area (Å²) < 4.78 is 11.5. The molecule has 1 aromatic rings. The van der Waals surface area contributed by atoms with Crippen LogP contribution in [0.1, 0.15) is 45.4 Å². The zero-order valence-corrected chi connectivity index (χ0v) is 13.1. The SMILES string of the molecule is CCCOc1cc(NCCOC2CCCCC2)ccc1N. The molecule has 4 heteroatoms. The van der Waals surface area contributed by atoms with Gasteiger partial charge < -0.3 is 20.5 Å². The van der Waals surface area contributed by atoms with Gasteiger partial charge in [-0.3, -0.25) is 0 Å². The molecule has 0 bridgehead atoms. The third-order valence-corrected chi connectivity index (χ3v) is 3.81. The van der Waals surface area contributed by atoms with Crippen LogP contribution in [0.3, 0.4) is 0 Å². The van der Waals surface area contributed by atoms with Crippen molar-refractivity contribution in [3.8, 4) is 5.75 Å². The smallest absolute Gasteiger partial charge is 0.144 e. The summed E-state index contributed by atoms with van der Waals surface area (Å²) in [5.74, 6) is 0.759. The third-order valence-electron chi connectivity index (χ3n) is 3.81. The van der Waals surface area contributed by atoms with Gasteiger partial charge in [-0.05, 0) is 31.4 Å². The summed E-state index contributed by atoms with van der Waals surface area (Å²) in [4.78, 5) is 0. The number of anilines is 2. The van der Waals surface area contributed by atoms with Crippen molar-refractivity contribution in [1.82, 2.24) is 0 Å². The number of benzene rings is 1. The summed E-state index contributed by atoms with van der Waals surface area (Å²) in [6.45, 7) is 4.34. The minimum atomic E-state index is 0.468. The summed E-state index contributed by atoms with van der Waals surface area (Å²) in [6, 6.07) is 5.83. The van der Waals surface area contributed by atoms with Crippen molar-refractivity contribution in [2.75, 3.05) is 30.8 Å². The number of rotatable bonds is 8. The van der Waals surface area contributed by atoms with Gasteiger partial charge in [-0.25, -0.2) is 0 Å². The summed E-state index contributed by atoms with van der Waals surface area (Å²) in [7, 11) is 0. The molecule has 0 radical (unpaired) electrons. The van der Waals surface area contributed by atoms with Crippen molar-refractivity contribution in [2.24, 2.45) is 0 Å². The maximum absolute atomic E-state index is 5.91. The molecule has 1 fully saturated rings. The molecule has 0 aromatic heterocycles. The van der Waals surface area contributed by atoms with Gasteiger partial charge in [0.1, 0.15) is 5.75 Å². The van der Waals surface area contributed by atoms with E-state index in [0.29, 0.717) is 18.4 Å². The van der Waals surface area contributed by atoms with E-state index in [1.807, 2.05) is 18.2 Å². The van der Waals surface area contributed by atoms with Crippen LogP contribution in [-0.4, -0.2) is 25.9 Å². The van der Waals surface area contributed by atoms with Gasteiger partial charge in [-0.15, -0.1) is 0 Å². The van der Waals surface area contributed by atoms with Gasteiger partial charge in [0.25, 0.3) is 0 Å². The van der Waals surface area contributed by atoms with Crippen molar-refractivity contribution in [1.29, 1.82) is 0 Å². The first-order chi connectivity index (χ1) is 10.3. The van der Waals surface area contributed by atoms with Crippen LogP contribution in [-0.2, 0) is 4.74 Å². The van der Waals surface area contributed by atoms with Crippen LogP contribution >= 0.6 is 0 Å². The first kappa shape index (κ1) is 16.0. The van der Waals surface area contributed by atoms with Crippen molar-refractivity contribution in [2.45, 2.75) is 51.6 Å². The van der Waals surface area contributed by atoms with E-state index in [1.165, 1.54) is 32.1 Å². The number of nitrogen functional groups attached to an aromatic ring is 1. The molecule has 21 heavy (non-hydrogen) atoms. The predicted octanol–water partition coefficient (Wildman–Crippen LogP) is 3.82. The van der Waals surface area contributed by atoms with Crippen molar-refractivity contribution in [3.63, 3.8) is 0 Å². The molecule has 0 atom stereocenters. The Bertz CT molecular complexity index is 417. The molecule has 1 saturated carbocycles. The molecule has 0 aliphatic heterocycles. The summed E-state index contributed by atoms with van der Waals surface area (Å²) >= 11 is 0. The largest absolute Gasteiger partial charge is 0.491 e. The standard InChI is InChI=1S/C17H28N2O2/c1-2-11-21-17-13-14(8-9-16(17)18)19-10-12-20-15-6-4-3-5-7-15/h8-9,13,15,19H,2-7,10-12,18H2,1H3. The predicted molar refractivity (Wildman–Crippen MR) is 88.0 cm³/mol. The van der Waals surface area contributed by atoms with E-state index in [2.05, 4.69) is 12.2 Å². The molecule has 0 spiro atoms. The fourth-order valence-corrected chi connectivity index (χ4v) is 2.63. The maximum atomic E-state index is 5.91. The molecule has 1 aliphatic carbocycles. The Morgan fingerprint density at radius 1 is 1.19 bits per heavy atom. The van der Waals surface area contributed by atoms with Gasteiger partial charge in [0, 0.05) is 18.3 Å². The number of hydrogen-bond donors (Lipinski definition) is 2. The molecule has 2 rings (SSSR count). The average molecular weight is 292 g/mol. The highest BCUT2D eigenvalue weighted by atomic mass is 16.5. The van der Waals surface area contributed by atoms with Crippen molar-refractivity contribution in [3.05, 3.63) is 18.2 Å². The van der Waals surface area contributed by atoms with Crippen molar-refractivity contribution >= 4 is 11.4 Å². The van der Waals surface area contributed by atoms with Crippen LogP contribution in [0.2, 0.25) is 0 Å². The van der Waals surface area contributed by atoms with Gasteiger partial charge in [0.15, 0.2) is 0 Å². The first-order valence-electron chi connectivity index (χ1n) is 8.17. The minimum Gasteiger partial charge on any atom is -0.491 e. The molecule has 3 N–H and O–H groups in total. The highest BCUT2D eigenvalue weighted by Crippen LogP contribution is 2.25. The second kappa shape index (κ2) is 8.78. The molecule has 1 aromatic carbocycles. The third kappa shape index (κ3) is 5.46. The Morgan fingerprint density at radius 2 is 2.00 bits per heavy atom. The van der Waals surface area contributed by atoms with Crippen LogP contribution in [0.25, 0.3) is 0 Å². The number of nitrogens with one attached hydrogen (secondary N) is 1. The fourth-order valence-electron chi connectivity index (χ4n) is 2.63. The molecule has 118 valence electrons. The molecule has 1 aliphatic rings. The lowest BCUT2D eigenvalue weighted by molar-refractivity contribution is 0.0347. The van der Waals surface area contributed by atoms with Crippen LogP contribution in [0, 0.1) is 0 Å². The van der Waals surface area contributed by atoms with Crippen LogP contribution in [0.15, 0.2) is 18.2 Å². The average Bonchev–Trinajstić information content (AvgIpc) is 2.52. The molecule has 0 amide bonds. The quantitative estimate of drug-likeness (QED) is 0.565. The van der Waals surface area contributed by atoms with Crippen LogP contribution in [0.4, 0.5) is 11.4 Å². The Morgan fingerprint density at radius 3 is 2.76 bits per heavy atom. The minimum absolute atomic E-state index is 0.468. The van der Waals surface area contributed by atoms with Crippen LogP contribution < -0.4 is 15.8 Å². The van der Waals surface area contributed by atoms with Gasteiger partial charge in [-0.2, -0.15) is 0 Å². The molecular weight excluding hydrogens is 264 g/mol. The molecular formula is C17H28N2O2. The van der Waals surface area contributed by atoms with E-state index in [0.717, 1.165) is 31.0 Å². The highest BCUT2D eigenvalue weighted by Gasteiger charge is 2.13. The van der Waals surface area contributed by atoms with Gasteiger partial charge >= 0.3 is 0 Å². The van der Waals surface area contributed by atoms with Crippen LogP contribution in [0.5, 0.6) is 5.75 Å². The van der Waals surface area contributed by atoms with Crippen molar-refractivity contribution < 1.29 is 9.47 Å². The number of nitrogens with two attached hydrogens (primary N) is 1. The normalized spacial score (nSPS) is 15.9. The molecule has 4 nitrogen and oxygen atoms in total. The lowest BCUT2D eigenvalue weighted by atomic mass is 9.98. The zero-order chi connectivity index (χ0) is 14.9. The monoisotopic (exact) mass is 292 g/mol. The van der Waals surface area contributed by atoms with E-state index in [9.17, 15) is 0 Å². The van der Waals surface area contributed by atoms with E-state index in [1.54, 1.807) is 0 Å². The van der Waals surface area contributed by atoms with Gasteiger partial charge in [-0.1, -0.05) is 26.2 Å². The molecule has 0 unspecified atom stereocenters. The van der Waals surface area contributed by atoms with Gasteiger partial charge in [0.2, 0.25) is 0 Å². The lowest BCUT2D eigenvalue weighted by Crippen LogP contribution is -2.20. The lowest BCUT2D eigenvalue weighted by Gasteiger charge is -2.22. The first-order valence-corrected chi connectivity index (χ1v) is 8.17. The second-order valence-electron chi connectivity index (χ2n) is 5.66. The maximum Gasteiger partial charge on any atom is 0.144 e. The zero-order valence-electron chi connectivity index (χ0n) is 13.1. The summed E-state index contributed by atoms with van der Waals surface area (Å²) in [5.41, 5.74) is 7.62. The van der Waals surface area contributed by atoms with Gasteiger partial charge in [0.05, 0.1) is 25.0 Å². The van der Waals surface area contributed by atoms with E-state index < -0.39 is 0 Å². The van der Waals surface area contributed by atoms with E-state index in [-0.39, 0.29) is 0 Å². The Hall–Kier alpha value is -1.42. The highest BCUT2D eigenvalue weighted by molar-refractivity contribution is 5.61. The van der Waals surface area contributed by atoms with E-state index >= 15 is 0 Å². The summed E-state index contributed by atoms with van der Waals surface area (Å²) in [6.07, 6.45) is 7.88. The second-order valence-corrected chi connectivity index (χ2v) is 5.66. The van der Waals surface area contributed by atoms with E-state index in [4.69, 9.17) is 15.2 Å². The number of hydrogen-bond acceptors (Lipinski definition) is 4. The number of ether oxygens (including phenoxy) is 2. The summed E-state index contributed by atoms with van der Waals surface area (Å²) in [5, 5.41) is 3.37. The molecule has 0 saturated heterocycles.